The molecule has 20 nitrogen and oxygen atoms in total. The number of nitrogens with one attached hydrogen (secondary N) is 2. The molecule has 23 heteroatoms. The fourth-order valence-corrected chi connectivity index (χ4v) is 12.6. The zero-order valence-corrected chi connectivity index (χ0v) is 41.0. The maximum atomic E-state index is 15.2. The number of nitrogens with zero attached hydrogens (tertiary/aromatic N) is 10. The van der Waals surface area contributed by atoms with Crippen molar-refractivity contribution in [3.8, 4) is 23.3 Å². The van der Waals surface area contributed by atoms with Crippen molar-refractivity contribution in [1.82, 2.24) is 38.9 Å². The molecule has 1 unspecified atom stereocenters. The first-order valence-corrected chi connectivity index (χ1v) is 26.3. The van der Waals surface area contributed by atoms with Crippen LogP contribution in [0.25, 0.3) is 16.6 Å². The molecule has 0 bridgehead atoms. The van der Waals surface area contributed by atoms with Crippen molar-refractivity contribution in [2.75, 3.05) is 73.4 Å². The topological polar surface area (TPSA) is 236 Å². The maximum Gasteiger partial charge on any atom is 0.301 e. The van der Waals surface area contributed by atoms with E-state index in [-0.39, 0.29) is 60.2 Å². The molecule has 0 saturated carbocycles. The fraction of sp³-hybridized carbons (Fsp3) is 0.431. The molecule has 74 heavy (non-hydrogen) atoms. The van der Waals surface area contributed by atoms with Crippen molar-refractivity contribution in [2.24, 2.45) is 11.3 Å². The van der Waals surface area contributed by atoms with E-state index in [0.29, 0.717) is 28.6 Å². The molecule has 0 aliphatic carbocycles. The summed E-state index contributed by atoms with van der Waals surface area (Å²) in [6, 6.07) is 12.5. The molecule has 2 N–H and O–H groups in total. The minimum atomic E-state index is -4.25. The Kier molecular flexibility index (Phi) is 12.8. The largest absolute Gasteiger partial charge is 0.453 e. The van der Waals surface area contributed by atoms with Gasteiger partial charge in [0.2, 0.25) is 17.8 Å². The molecule has 3 aromatic carbocycles. The van der Waals surface area contributed by atoms with Crippen LogP contribution in [-0.2, 0) is 19.8 Å². The number of hydrogen-bond donors (Lipinski definition) is 2. The first-order valence-electron chi connectivity index (χ1n) is 24.9. The highest BCUT2D eigenvalue weighted by atomic mass is 32.2. The summed E-state index contributed by atoms with van der Waals surface area (Å²) in [5.74, 6) is -2.47. The molecule has 5 aromatic rings. The number of carbonyl (C=O) groups is 4. The van der Waals surface area contributed by atoms with E-state index in [1.165, 1.54) is 29.1 Å². The van der Waals surface area contributed by atoms with Crippen molar-refractivity contribution >= 4 is 62.1 Å². The average Bonchev–Trinajstić information content (AvgIpc) is 3.96. The van der Waals surface area contributed by atoms with Gasteiger partial charge in [-0.1, -0.05) is 0 Å². The zero-order chi connectivity index (χ0) is 51.5. The number of likely N-dealkylation sites (tertiary alicyclic amines) is 1. The van der Waals surface area contributed by atoms with Gasteiger partial charge in [0.15, 0.2) is 11.6 Å². The summed E-state index contributed by atoms with van der Waals surface area (Å²) in [4.78, 5) is 86.4. The zero-order valence-electron chi connectivity index (χ0n) is 40.2. The Hall–Kier alpha value is -7.42. The number of carbonyl (C=O) groups excluding carboxylic acids is 4. The number of piperidine rings is 4. The highest BCUT2D eigenvalue weighted by Crippen LogP contribution is 2.43. The van der Waals surface area contributed by atoms with E-state index < -0.39 is 68.7 Å². The third kappa shape index (κ3) is 9.30. The van der Waals surface area contributed by atoms with Crippen LogP contribution in [0.15, 0.2) is 72.0 Å². The molecule has 1 spiro atoms. The summed E-state index contributed by atoms with van der Waals surface area (Å²) >= 11 is 0. The minimum Gasteiger partial charge on any atom is -0.453 e. The third-order valence-electron chi connectivity index (χ3n) is 15.7. The van der Waals surface area contributed by atoms with E-state index in [4.69, 9.17) is 4.74 Å². The number of rotatable bonds is 11. The Bertz CT molecular complexity index is 3310. The highest BCUT2D eigenvalue weighted by Gasteiger charge is 2.45. The van der Waals surface area contributed by atoms with Crippen LogP contribution in [0.1, 0.15) is 84.1 Å². The van der Waals surface area contributed by atoms with E-state index >= 15 is 4.39 Å². The Morgan fingerprint density at radius 1 is 0.811 bits per heavy atom. The molecule has 5 fully saturated rings. The number of fused-ring (bicyclic) bond motifs is 2. The summed E-state index contributed by atoms with van der Waals surface area (Å²) in [5, 5.41) is 12.3. The highest BCUT2D eigenvalue weighted by molar-refractivity contribution is 7.90. The lowest BCUT2D eigenvalue weighted by Crippen LogP contribution is -2.54. The predicted molar refractivity (Wildman–Crippen MR) is 265 cm³/mol. The number of anilines is 3. The quantitative estimate of drug-likeness (QED) is 0.171. The lowest BCUT2D eigenvalue weighted by Gasteiger charge is -2.48. The number of amides is 4. The van der Waals surface area contributed by atoms with Crippen molar-refractivity contribution in [3.63, 3.8) is 0 Å². The molecule has 11 rings (SSSR count). The molecule has 0 radical (unpaired) electrons. The third-order valence-corrected chi connectivity index (χ3v) is 17.2. The number of nitriles is 1. The second-order valence-electron chi connectivity index (χ2n) is 20.1. The van der Waals surface area contributed by atoms with Crippen LogP contribution in [0, 0.1) is 28.5 Å². The van der Waals surface area contributed by atoms with Crippen LogP contribution in [-0.4, -0.2) is 137 Å². The van der Waals surface area contributed by atoms with Gasteiger partial charge in [-0.25, -0.2) is 23.7 Å². The number of imide groups is 2. The van der Waals surface area contributed by atoms with Gasteiger partial charge < -0.3 is 19.4 Å². The number of alkyl halides is 1. The fourth-order valence-electron chi connectivity index (χ4n) is 11.3. The van der Waals surface area contributed by atoms with E-state index in [1.54, 1.807) is 30.6 Å². The van der Waals surface area contributed by atoms with Crippen LogP contribution in [0.4, 0.5) is 26.1 Å². The van der Waals surface area contributed by atoms with E-state index in [2.05, 4.69) is 39.7 Å². The van der Waals surface area contributed by atoms with Gasteiger partial charge in [0, 0.05) is 57.9 Å². The van der Waals surface area contributed by atoms with Crippen molar-refractivity contribution < 1.29 is 41.1 Å². The lowest BCUT2D eigenvalue weighted by molar-refractivity contribution is -0.136. The SMILES string of the molecule is N#Cc1c(NS(=O)(=O)N2CC[C@@H](F)C2)ccc(F)c1Oc1ccc2ncn(-c3cnc(N4CCC(CN5CCC6(CC5)CCN(c5ccc7c(c5)C(=O)N(C5CCC(=O)NC5=O)C7=O)CC6)CC4)nc3)c(=O)c2c1. The smallest absolute Gasteiger partial charge is 0.301 e. The molecule has 8 heterocycles. The van der Waals surface area contributed by atoms with Crippen LogP contribution in [0.3, 0.4) is 0 Å². The van der Waals surface area contributed by atoms with Gasteiger partial charge in [-0.05, 0) is 124 Å². The van der Waals surface area contributed by atoms with Gasteiger partial charge in [-0.3, -0.25) is 43.5 Å². The maximum absolute atomic E-state index is 15.2. The molecule has 2 atom stereocenters. The molecular weight excluding hydrogens is 979 g/mol. The number of ether oxygens (including phenoxy) is 1. The summed E-state index contributed by atoms with van der Waals surface area (Å²) in [6.07, 6.45) is 9.69. The standard InChI is InChI=1S/C51H52F2N12O8S/c52-32-11-18-63(29-32)74(71,72)59-42-6-4-40(53)45(39(42)25-54)73-35-2-5-41-38(24-35)47(68)64(30-57-41)34-26-55-50(56-27-34)62-16-9-31(10-17-62)28-60-19-12-51(13-20-60)14-21-61(22-15-51)33-1-3-36-37(23-33)49(70)65(48(36)69)43-7-8-44(66)58-46(43)67/h1-6,23-24,26-27,30-32,43,59H,7-22,28-29H2,(H,58,66,67)/t32-,43?/m1/s1. The summed E-state index contributed by atoms with van der Waals surface area (Å²) in [7, 11) is -4.25. The number of halogens is 2. The molecule has 6 aliphatic rings. The summed E-state index contributed by atoms with van der Waals surface area (Å²) in [6.45, 7) is 5.99. The molecular formula is C51H52F2N12O8S. The van der Waals surface area contributed by atoms with Gasteiger partial charge in [-0.2, -0.15) is 18.0 Å². The molecule has 384 valence electrons. The minimum absolute atomic E-state index is 0.0142. The first kappa shape index (κ1) is 48.8. The number of hydrogen-bond acceptors (Lipinski definition) is 15. The van der Waals surface area contributed by atoms with Gasteiger partial charge >= 0.3 is 10.2 Å². The molecule has 5 saturated heterocycles. The molecule has 4 amide bonds. The Morgan fingerprint density at radius 2 is 1.54 bits per heavy atom. The normalized spacial score (nSPS) is 21.8. The van der Waals surface area contributed by atoms with Crippen molar-refractivity contribution in [1.29, 1.82) is 5.26 Å². The predicted octanol–water partition coefficient (Wildman–Crippen LogP) is 4.68. The first-order chi connectivity index (χ1) is 35.7. The van der Waals surface area contributed by atoms with Gasteiger partial charge in [0.05, 0.1) is 45.8 Å². The van der Waals surface area contributed by atoms with Crippen molar-refractivity contribution in [2.45, 2.75) is 70.0 Å². The average molecular weight is 1030 g/mol. The van der Waals surface area contributed by atoms with Gasteiger partial charge in [0.25, 0.3) is 17.4 Å². The Morgan fingerprint density at radius 3 is 2.24 bits per heavy atom. The second-order valence-corrected chi connectivity index (χ2v) is 21.8. The van der Waals surface area contributed by atoms with E-state index in [0.717, 1.165) is 111 Å². The van der Waals surface area contributed by atoms with Crippen molar-refractivity contribution in [3.05, 3.63) is 100 Å². The lowest BCUT2D eigenvalue weighted by atomic mass is 9.71. The Labute approximate surface area is 424 Å². The van der Waals surface area contributed by atoms with Crippen LogP contribution < -0.4 is 30.1 Å². The second kappa shape index (κ2) is 19.5. The van der Waals surface area contributed by atoms with Gasteiger partial charge in [-0.15, -0.1) is 0 Å². The summed E-state index contributed by atoms with van der Waals surface area (Å²) in [5.41, 5.74) is 1.25. The van der Waals surface area contributed by atoms with Crippen LogP contribution >= 0.6 is 0 Å². The number of aromatic nitrogens is 4. The van der Waals surface area contributed by atoms with E-state index in [9.17, 15) is 42.0 Å². The van der Waals surface area contributed by atoms with Crippen LogP contribution in [0.2, 0.25) is 0 Å². The van der Waals surface area contributed by atoms with Crippen LogP contribution in [0.5, 0.6) is 11.5 Å². The van der Waals surface area contributed by atoms with Gasteiger partial charge in [0.1, 0.15) is 35.9 Å². The van der Waals surface area contributed by atoms with E-state index in [1.807, 2.05) is 6.07 Å². The number of benzene rings is 3. The molecule has 2 aromatic heterocycles. The summed E-state index contributed by atoms with van der Waals surface area (Å²) < 4.78 is 65.1. The monoisotopic (exact) mass is 1030 g/mol. The Balaban J connectivity index is 0.664. The molecule has 6 aliphatic heterocycles.